The summed E-state index contributed by atoms with van der Waals surface area (Å²) in [7, 11) is 1.81. The molecular weight excluding hydrogens is 374 g/mol. The van der Waals surface area contributed by atoms with Crippen molar-refractivity contribution >= 4 is 28.3 Å². The topological polar surface area (TPSA) is 87.2 Å². The average molecular weight is 402 g/mol. The largest absolute Gasteiger partial charge is 0.344 e. The number of aromatic nitrogens is 2. The molecule has 1 saturated heterocycles. The van der Waals surface area contributed by atoms with Crippen molar-refractivity contribution in [1.82, 2.24) is 20.2 Å². The van der Waals surface area contributed by atoms with Gasteiger partial charge in [0.2, 0.25) is 11.8 Å². The Labute approximate surface area is 169 Å². The molecule has 0 bridgehead atoms. The van der Waals surface area contributed by atoms with E-state index in [1.807, 2.05) is 37.7 Å². The normalized spacial score (nSPS) is 20.9. The van der Waals surface area contributed by atoms with Gasteiger partial charge in [0.05, 0.1) is 5.69 Å². The van der Waals surface area contributed by atoms with E-state index in [1.165, 1.54) is 11.3 Å². The number of thiazole rings is 1. The molecule has 0 aliphatic carbocycles. The Hall–Kier alpha value is -2.32. The van der Waals surface area contributed by atoms with E-state index in [4.69, 9.17) is 0 Å². The average Bonchev–Trinajstić information content (AvgIpc) is 3.11. The second kappa shape index (κ2) is 9.75. The summed E-state index contributed by atoms with van der Waals surface area (Å²) in [5, 5.41) is 8.89. The summed E-state index contributed by atoms with van der Waals surface area (Å²) in [4.78, 5) is 35.4. The van der Waals surface area contributed by atoms with Crippen molar-refractivity contribution in [3.63, 3.8) is 0 Å². The predicted octanol–water partition coefficient (Wildman–Crippen LogP) is 2.59. The minimum atomic E-state index is -0.323. The summed E-state index contributed by atoms with van der Waals surface area (Å²) in [5.74, 6) is -0.431. The quantitative estimate of drug-likeness (QED) is 0.804. The molecule has 150 valence electrons. The molecule has 8 heteroatoms. The van der Waals surface area contributed by atoms with Gasteiger partial charge in [-0.3, -0.25) is 14.6 Å². The van der Waals surface area contributed by atoms with Gasteiger partial charge in [-0.2, -0.15) is 0 Å². The number of likely N-dealkylation sites (N-methyl/N-ethyl adjacent to an activating group) is 1. The molecule has 28 heavy (non-hydrogen) atoms. The minimum absolute atomic E-state index is 0.00514. The third kappa shape index (κ3) is 5.84. The standard InChI is InChI=1S/C20H27N5O2S/c1-14-13-28-20(23-14)24-19(27)16-6-3-7-17(12-25(2)18(26)9-16)22-11-15-5-4-8-21-10-15/h4-5,8,10,13,16-17,22H,3,6-7,9,11-12H2,1-2H3,(H,23,24,27)/t16-,17-/m1/s1. The van der Waals surface area contributed by atoms with E-state index in [-0.39, 0.29) is 30.2 Å². The van der Waals surface area contributed by atoms with Crippen LogP contribution in [-0.4, -0.2) is 46.3 Å². The Kier molecular flexibility index (Phi) is 7.11. The molecule has 1 aliphatic rings. The zero-order chi connectivity index (χ0) is 19.9. The molecule has 0 radical (unpaired) electrons. The van der Waals surface area contributed by atoms with Crippen LogP contribution in [0.2, 0.25) is 0 Å². The van der Waals surface area contributed by atoms with Crippen molar-refractivity contribution in [2.75, 3.05) is 18.9 Å². The molecule has 1 aliphatic heterocycles. The van der Waals surface area contributed by atoms with E-state index >= 15 is 0 Å². The number of nitrogens with one attached hydrogen (secondary N) is 2. The first kappa shape index (κ1) is 20.4. The first-order valence-electron chi connectivity index (χ1n) is 9.60. The molecule has 0 saturated carbocycles. The third-order valence-corrected chi connectivity index (χ3v) is 5.86. The van der Waals surface area contributed by atoms with Crippen LogP contribution in [-0.2, 0) is 16.1 Å². The molecule has 2 aromatic heterocycles. The number of carbonyl (C=O) groups excluding carboxylic acids is 2. The van der Waals surface area contributed by atoms with Crippen molar-refractivity contribution in [3.05, 3.63) is 41.2 Å². The number of amides is 2. The molecule has 3 rings (SSSR count). The second-order valence-corrected chi connectivity index (χ2v) is 8.19. The highest BCUT2D eigenvalue weighted by molar-refractivity contribution is 7.13. The number of carbonyl (C=O) groups is 2. The molecule has 2 aromatic rings. The molecule has 2 amide bonds. The maximum absolute atomic E-state index is 12.7. The molecule has 1 fully saturated rings. The van der Waals surface area contributed by atoms with Gasteiger partial charge in [0, 0.05) is 56.3 Å². The monoisotopic (exact) mass is 401 g/mol. The highest BCUT2D eigenvalue weighted by atomic mass is 32.1. The van der Waals surface area contributed by atoms with Gasteiger partial charge >= 0.3 is 0 Å². The van der Waals surface area contributed by atoms with E-state index in [2.05, 4.69) is 20.6 Å². The van der Waals surface area contributed by atoms with Gasteiger partial charge < -0.3 is 15.5 Å². The van der Waals surface area contributed by atoms with Gasteiger partial charge in [0.1, 0.15) is 0 Å². The lowest BCUT2D eigenvalue weighted by atomic mass is 9.96. The summed E-state index contributed by atoms with van der Waals surface area (Å²) in [6.07, 6.45) is 6.34. The van der Waals surface area contributed by atoms with Crippen molar-refractivity contribution in [2.24, 2.45) is 5.92 Å². The number of anilines is 1. The number of aryl methyl sites for hydroxylation is 1. The Morgan fingerprint density at radius 2 is 2.25 bits per heavy atom. The number of nitrogens with zero attached hydrogens (tertiary/aromatic N) is 3. The summed E-state index contributed by atoms with van der Waals surface area (Å²) < 4.78 is 0. The van der Waals surface area contributed by atoms with Gasteiger partial charge in [-0.15, -0.1) is 11.3 Å². The van der Waals surface area contributed by atoms with Crippen LogP contribution in [0.3, 0.4) is 0 Å². The highest BCUT2D eigenvalue weighted by Crippen LogP contribution is 2.22. The van der Waals surface area contributed by atoms with Crippen LogP contribution in [0.1, 0.15) is 36.9 Å². The van der Waals surface area contributed by atoms with Gasteiger partial charge in [-0.25, -0.2) is 4.98 Å². The Morgan fingerprint density at radius 3 is 2.96 bits per heavy atom. The first-order valence-corrected chi connectivity index (χ1v) is 10.5. The molecule has 7 nitrogen and oxygen atoms in total. The number of hydrogen-bond acceptors (Lipinski definition) is 6. The lowest BCUT2D eigenvalue weighted by molar-refractivity contribution is -0.134. The van der Waals surface area contributed by atoms with Crippen molar-refractivity contribution in [1.29, 1.82) is 0 Å². The van der Waals surface area contributed by atoms with Crippen LogP contribution in [0.25, 0.3) is 0 Å². The highest BCUT2D eigenvalue weighted by Gasteiger charge is 2.27. The number of rotatable bonds is 5. The van der Waals surface area contributed by atoms with E-state index in [9.17, 15) is 9.59 Å². The number of hydrogen-bond donors (Lipinski definition) is 2. The summed E-state index contributed by atoms with van der Waals surface area (Å²) in [5.41, 5.74) is 2.00. The summed E-state index contributed by atoms with van der Waals surface area (Å²) >= 11 is 1.41. The lowest BCUT2D eigenvalue weighted by Crippen LogP contribution is -2.41. The van der Waals surface area contributed by atoms with Crippen LogP contribution in [0.15, 0.2) is 29.9 Å². The van der Waals surface area contributed by atoms with Crippen LogP contribution < -0.4 is 10.6 Å². The van der Waals surface area contributed by atoms with E-state index in [1.54, 1.807) is 11.1 Å². The zero-order valence-corrected chi connectivity index (χ0v) is 17.2. The fraction of sp³-hybridized carbons (Fsp3) is 0.500. The molecule has 0 spiro atoms. The second-order valence-electron chi connectivity index (χ2n) is 7.33. The minimum Gasteiger partial charge on any atom is -0.344 e. The van der Waals surface area contributed by atoms with Crippen molar-refractivity contribution < 1.29 is 9.59 Å². The van der Waals surface area contributed by atoms with Crippen LogP contribution in [0.4, 0.5) is 5.13 Å². The smallest absolute Gasteiger partial charge is 0.229 e. The maximum Gasteiger partial charge on any atom is 0.229 e. The third-order valence-electron chi connectivity index (χ3n) is 4.98. The molecule has 0 aromatic carbocycles. The predicted molar refractivity (Wildman–Crippen MR) is 110 cm³/mol. The molecule has 2 atom stereocenters. The van der Waals surface area contributed by atoms with Crippen molar-refractivity contribution in [3.8, 4) is 0 Å². The maximum atomic E-state index is 12.7. The Balaban J connectivity index is 1.58. The molecule has 2 N–H and O–H groups in total. The van der Waals surface area contributed by atoms with Crippen LogP contribution in [0.5, 0.6) is 0 Å². The molecule has 0 unspecified atom stereocenters. The molecular formula is C20H27N5O2S. The fourth-order valence-corrected chi connectivity index (χ4v) is 4.07. The summed E-state index contributed by atoms with van der Waals surface area (Å²) in [6, 6.07) is 4.14. The first-order chi connectivity index (χ1) is 13.5. The lowest BCUT2D eigenvalue weighted by Gasteiger charge is -2.24. The van der Waals surface area contributed by atoms with Crippen LogP contribution >= 0.6 is 11.3 Å². The fourth-order valence-electron chi connectivity index (χ4n) is 3.38. The van der Waals surface area contributed by atoms with E-state index in [0.29, 0.717) is 24.6 Å². The number of pyridine rings is 1. The van der Waals surface area contributed by atoms with Gasteiger partial charge in [-0.05, 0) is 31.4 Å². The van der Waals surface area contributed by atoms with Gasteiger partial charge in [0.15, 0.2) is 5.13 Å². The van der Waals surface area contributed by atoms with Gasteiger partial charge in [0.25, 0.3) is 0 Å². The Bertz CT molecular complexity index is 795. The zero-order valence-electron chi connectivity index (χ0n) is 16.4. The van der Waals surface area contributed by atoms with Crippen LogP contribution in [0, 0.1) is 12.8 Å². The van der Waals surface area contributed by atoms with E-state index in [0.717, 1.165) is 24.1 Å². The Morgan fingerprint density at radius 1 is 1.39 bits per heavy atom. The SMILES string of the molecule is Cc1csc(NC(=O)[C@@H]2CCC[C@@H](NCc3cccnc3)CN(C)C(=O)C2)n1. The summed E-state index contributed by atoms with van der Waals surface area (Å²) in [6.45, 7) is 3.25. The van der Waals surface area contributed by atoms with Crippen molar-refractivity contribution in [2.45, 2.75) is 45.2 Å². The van der Waals surface area contributed by atoms with Gasteiger partial charge in [-0.1, -0.05) is 12.5 Å². The molecule has 3 heterocycles. The van der Waals surface area contributed by atoms with E-state index < -0.39 is 0 Å².